The van der Waals surface area contributed by atoms with Gasteiger partial charge in [-0.3, -0.25) is 4.79 Å². The molecule has 3 N–H and O–H groups in total. The number of sulfone groups is 1. The second-order valence-electron chi connectivity index (χ2n) is 6.39. The Kier molecular flexibility index (Phi) is 7.74. The maximum atomic E-state index is 12.2. The molecular formula is C20H22N4O4S. The largest absolute Gasteiger partial charge is 0.353 e. The Bertz CT molecular complexity index is 983. The van der Waals surface area contributed by atoms with Gasteiger partial charge in [-0.05, 0) is 23.3 Å². The lowest BCUT2D eigenvalue weighted by atomic mass is 10.1. The molecule has 9 heteroatoms. The Morgan fingerprint density at radius 3 is 2.24 bits per heavy atom. The predicted octanol–water partition coefficient (Wildman–Crippen LogP) is 1.92. The number of amides is 3. The lowest BCUT2D eigenvalue weighted by Crippen LogP contribution is -2.51. The van der Waals surface area contributed by atoms with E-state index in [-0.39, 0.29) is 13.0 Å². The third-order valence-corrected chi connectivity index (χ3v) is 4.82. The second-order valence-corrected chi connectivity index (χ2v) is 8.57. The molecule has 0 aliphatic rings. The summed E-state index contributed by atoms with van der Waals surface area (Å²) in [6.07, 6.45) is 1.06. The van der Waals surface area contributed by atoms with Gasteiger partial charge in [0.15, 0.2) is 0 Å². The van der Waals surface area contributed by atoms with Crippen LogP contribution in [0.25, 0.3) is 11.1 Å². The summed E-state index contributed by atoms with van der Waals surface area (Å²) in [5.74, 6) is -1.22. The van der Waals surface area contributed by atoms with Crippen molar-refractivity contribution in [1.29, 1.82) is 5.26 Å². The van der Waals surface area contributed by atoms with E-state index < -0.39 is 33.6 Å². The first-order valence-corrected chi connectivity index (χ1v) is 10.9. The minimum absolute atomic E-state index is 0.0693. The van der Waals surface area contributed by atoms with E-state index in [0.717, 1.165) is 17.4 Å². The fourth-order valence-corrected chi connectivity index (χ4v) is 3.39. The number of hydrogen-bond donors (Lipinski definition) is 3. The summed E-state index contributed by atoms with van der Waals surface area (Å²) in [6.45, 7) is 0.0693. The highest BCUT2D eigenvalue weighted by atomic mass is 32.2. The van der Waals surface area contributed by atoms with Gasteiger partial charge in [0.2, 0.25) is 5.91 Å². The summed E-state index contributed by atoms with van der Waals surface area (Å²) in [5.41, 5.74) is 2.50. The van der Waals surface area contributed by atoms with Gasteiger partial charge >= 0.3 is 6.03 Å². The highest BCUT2D eigenvalue weighted by molar-refractivity contribution is 7.90. The van der Waals surface area contributed by atoms with Crippen LogP contribution in [0.15, 0.2) is 54.6 Å². The molecule has 0 aliphatic carbocycles. The molecule has 0 aromatic heterocycles. The third kappa shape index (κ3) is 7.63. The van der Waals surface area contributed by atoms with E-state index in [9.17, 15) is 18.0 Å². The number of carbonyl (C=O) groups excluding carboxylic acids is 2. The smallest absolute Gasteiger partial charge is 0.319 e. The van der Waals surface area contributed by atoms with Crippen molar-refractivity contribution in [3.8, 4) is 17.2 Å². The van der Waals surface area contributed by atoms with Crippen LogP contribution in [0.3, 0.4) is 0 Å². The van der Waals surface area contributed by atoms with Gasteiger partial charge in [-0.15, -0.1) is 0 Å². The van der Waals surface area contributed by atoms with Crippen LogP contribution in [0.4, 0.5) is 10.5 Å². The Labute approximate surface area is 169 Å². The van der Waals surface area contributed by atoms with Crippen LogP contribution >= 0.6 is 0 Å². The summed E-state index contributed by atoms with van der Waals surface area (Å²) < 4.78 is 23.2. The van der Waals surface area contributed by atoms with Gasteiger partial charge in [-0.1, -0.05) is 42.5 Å². The number of hydrogen-bond acceptors (Lipinski definition) is 5. The zero-order valence-electron chi connectivity index (χ0n) is 15.9. The van der Waals surface area contributed by atoms with E-state index in [1.165, 1.54) is 0 Å². The number of rotatable bonds is 8. The molecule has 3 amide bonds. The number of urea groups is 1. The zero-order chi connectivity index (χ0) is 21.3. The fourth-order valence-electron chi connectivity index (χ4n) is 2.55. The molecule has 2 rings (SSSR count). The van der Waals surface area contributed by atoms with Crippen LogP contribution in [0, 0.1) is 11.3 Å². The van der Waals surface area contributed by atoms with Gasteiger partial charge in [0, 0.05) is 18.5 Å². The van der Waals surface area contributed by atoms with Gasteiger partial charge in [-0.2, -0.15) is 5.26 Å². The van der Waals surface area contributed by atoms with Crippen molar-refractivity contribution in [2.45, 2.75) is 12.5 Å². The molecule has 1 unspecified atom stereocenters. The van der Waals surface area contributed by atoms with Crippen molar-refractivity contribution in [2.24, 2.45) is 0 Å². The molecule has 0 spiro atoms. The molecule has 0 heterocycles. The Balaban J connectivity index is 2.01. The second kappa shape index (κ2) is 10.2. The lowest BCUT2D eigenvalue weighted by molar-refractivity contribution is -0.122. The van der Waals surface area contributed by atoms with Gasteiger partial charge in [0.05, 0.1) is 18.2 Å². The molecule has 0 saturated carbocycles. The topological polar surface area (TPSA) is 128 Å². The zero-order valence-corrected chi connectivity index (χ0v) is 16.7. The average Bonchev–Trinajstić information content (AvgIpc) is 2.68. The molecule has 29 heavy (non-hydrogen) atoms. The quantitative estimate of drug-likeness (QED) is 0.569. The van der Waals surface area contributed by atoms with E-state index in [4.69, 9.17) is 5.26 Å². The SMILES string of the molecule is CS(=O)(=O)CC(NC(=O)Nc1ccc(-c2ccccc2)cc1)C(=O)NCCC#N. The molecule has 0 fully saturated rings. The highest BCUT2D eigenvalue weighted by Crippen LogP contribution is 2.20. The third-order valence-electron chi connectivity index (χ3n) is 3.88. The van der Waals surface area contributed by atoms with Crippen LogP contribution < -0.4 is 16.0 Å². The van der Waals surface area contributed by atoms with Crippen LogP contribution in [0.5, 0.6) is 0 Å². The Morgan fingerprint density at radius 1 is 1.03 bits per heavy atom. The average molecular weight is 414 g/mol. The first-order chi connectivity index (χ1) is 13.8. The van der Waals surface area contributed by atoms with E-state index in [0.29, 0.717) is 5.69 Å². The molecular weight excluding hydrogens is 392 g/mol. The van der Waals surface area contributed by atoms with Gasteiger partial charge < -0.3 is 16.0 Å². The molecule has 2 aromatic carbocycles. The van der Waals surface area contributed by atoms with Crippen molar-refractivity contribution >= 4 is 27.5 Å². The molecule has 2 aromatic rings. The molecule has 8 nitrogen and oxygen atoms in total. The highest BCUT2D eigenvalue weighted by Gasteiger charge is 2.24. The molecule has 152 valence electrons. The van der Waals surface area contributed by atoms with Gasteiger partial charge in [0.1, 0.15) is 15.9 Å². The van der Waals surface area contributed by atoms with Crippen LogP contribution in [0.1, 0.15) is 6.42 Å². The fraction of sp³-hybridized carbons (Fsp3) is 0.250. The molecule has 0 radical (unpaired) electrons. The predicted molar refractivity (Wildman–Crippen MR) is 111 cm³/mol. The monoisotopic (exact) mass is 414 g/mol. The first kappa shape index (κ1) is 21.9. The van der Waals surface area contributed by atoms with Crippen molar-refractivity contribution in [1.82, 2.24) is 10.6 Å². The van der Waals surface area contributed by atoms with Crippen LogP contribution in [-0.2, 0) is 14.6 Å². The van der Waals surface area contributed by atoms with Crippen molar-refractivity contribution in [2.75, 3.05) is 23.9 Å². The van der Waals surface area contributed by atoms with E-state index in [2.05, 4.69) is 16.0 Å². The minimum Gasteiger partial charge on any atom is -0.353 e. The van der Waals surface area contributed by atoms with Crippen LogP contribution in [-0.4, -0.2) is 45.0 Å². The Morgan fingerprint density at radius 2 is 1.66 bits per heavy atom. The van der Waals surface area contributed by atoms with Gasteiger partial charge in [-0.25, -0.2) is 13.2 Å². The van der Waals surface area contributed by atoms with Crippen LogP contribution in [0.2, 0.25) is 0 Å². The number of nitrogens with one attached hydrogen (secondary N) is 3. The standard InChI is InChI=1S/C20H22N4O4S/c1-29(27,28)14-18(19(25)22-13-5-12-21)24-20(26)23-17-10-8-16(9-11-17)15-6-3-2-4-7-15/h2-4,6-11,18H,5,13-14H2,1H3,(H,22,25)(H2,23,24,26). The summed E-state index contributed by atoms with van der Waals surface area (Å²) >= 11 is 0. The molecule has 0 saturated heterocycles. The number of nitriles is 1. The number of anilines is 1. The van der Waals surface area contributed by atoms with Crippen molar-refractivity contribution in [3.63, 3.8) is 0 Å². The molecule has 0 aliphatic heterocycles. The van der Waals surface area contributed by atoms with Gasteiger partial charge in [0.25, 0.3) is 0 Å². The summed E-state index contributed by atoms with van der Waals surface area (Å²) in [5, 5.41) is 15.9. The van der Waals surface area contributed by atoms with E-state index >= 15 is 0 Å². The lowest BCUT2D eigenvalue weighted by Gasteiger charge is -2.18. The summed E-state index contributed by atoms with van der Waals surface area (Å²) in [4.78, 5) is 24.4. The number of benzene rings is 2. The minimum atomic E-state index is -3.52. The first-order valence-electron chi connectivity index (χ1n) is 8.84. The normalized spacial score (nSPS) is 11.7. The van der Waals surface area contributed by atoms with Crippen molar-refractivity contribution < 1.29 is 18.0 Å². The summed E-state index contributed by atoms with van der Waals surface area (Å²) in [6, 6.07) is 16.7. The number of carbonyl (C=O) groups is 2. The van der Waals surface area contributed by atoms with E-state index in [1.54, 1.807) is 12.1 Å². The summed E-state index contributed by atoms with van der Waals surface area (Å²) in [7, 11) is -3.52. The maximum absolute atomic E-state index is 12.2. The molecule has 0 bridgehead atoms. The van der Waals surface area contributed by atoms with E-state index in [1.807, 2.05) is 48.5 Å². The van der Waals surface area contributed by atoms with Crippen molar-refractivity contribution in [3.05, 3.63) is 54.6 Å². The Hall–Kier alpha value is -3.38. The maximum Gasteiger partial charge on any atom is 0.319 e. The molecule has 1 atom stereocenters. The number of nitrogens with zero attached hydrogens (tertiary/aromatic N) is 1.